The minimum absolute atomic E-state index is 0.361. The summed E-state index contributed by atoms with van der Waals surface area (Å²) in [5, 5.41) is 16.4. The van der Waals surface area contributed by atoms with E-state index in [2.05, 4.69) is 0 Å². The summed E-state index contributed by atoms with van der Waals surface area (Å²) in [6.45, 7) is 2.31. The third kappa shape index (κ3) is 6.94. The number of nitrogens with zero attached hydrogens (tertiary/aromatic N) is 1. The highest BCUT2D eigenvalue weighted by molar-refractivity contribution is 5.86. The highest BCUT2D eigenvalue weighted by Gasteiger charge is 2.38. The molecule has 25 heavy (non-hydrogen) atoms. The van der Waals surface area contributed by atoms with E-state index in [1.165, 1.54) is 4.90 Å². The molecule has 0 atom stereocenters. The first-order chi connectivity index (χ1) is 11.6. The Morgan fingerprint density at radius 2 is 1.56 bits per heavy atom. The summed E-state index contributed by atoms with van der Waals surface area (Å²) in [4.78, 5) is 21.6. The standard InChI is InChI=1S/C15H15NO2.C2HF3O2/c1-12-6-5-9-14(10-12)16(15(17)18)11-13-7-3-2-4-8-13;3-2(4,5)1(6)7/h2-10H,11H2,1H3,(H,17,18);(H,6,7). The molecule has 0 aliphatic heterocycles. The number of hydrogen-bond acceptors (Lipinski definition) is 2. The number of aliphatic carboxylic acids is 1. The Hall–Kier alpha value is -3.03. The fourth-order valence-corrected chi connectivity index (χ4v) is 1.83. The largest absolute Gasteiger partial charge is 0.490 e. The Kier molecular flexibility index (Phi) is 6.98. The summed E-state index contributed by atoms with van der Waals surface area (Å²) in [5.74, 6) is -2.76. The average molecular weight is 355 g/mol. The van der Waals surface area contributed by atoms with E-state index in [0.717, 1.165) is 11.1 Å². The quantitative estimate of drug-likeness (QED) is 0.860. The number of alkyl halides is 3. The van der Waals surface area contributed by atoms with Crippen LogP contribution in [-0.2, 0) is 11.3 Å². The van der Waals surface area contributed by atoms with Crippen molar-refractivity contribution >= 4 is 17.7 Å². The van der Waals surface area contributed by atoms with Gasteiger partial charge in [-0.3, -0.25) is 4.90 Å². The number of amides is 1. The van der Waals surface area contributed by atoms with E-state index in [4.69, 9.17) is 9.90 Å². The Bertz CT molecular complexity index is 717. The lowest BCUT2D eigenvalue weighted by Crippen LogP contribution is -2.28. The van der Waals surface area contributed by atoms with Crippen molar-refractivity contribution in [3.63, 3.8) is 0 Å². The van der Waals surface area contributed by atoms with Crippen LogP contribution in [0.25, 0.3) is 0 Å². The summed E-state index contributed by atoms with van der Waals surface area (Å²) in [5.41, 5.74) is 2.72. The molecule has 0 aliphatic rings. The maximum absolute atomic E-state index is 11.3. The molecule has 0 spiro atoms. The zero-order chi connectivity index (χ0) is 19.0. The first kappa shape index (κ1) is 20.0. The average Bonchev–Trinajstić information content (AvgIpc) is 2.53. The predicted octanol–water partition coefficient (Wildman–Crippen LogP) is 4.31. The van der Waals surface area contributed by atoms with Crippen molar-refractivity contribution in [2.75, 3.05) is 4.90 Å². The number of halogens is 3. The summed E-state index contributed by atoms with van der Waals surface area (Å²) in [7, 11) is 0. The van der Waals surface area contributed by atoms with Gasteiger partial charge in [-0.15, -0.1) is 0 Å². The fourth-order valence-electron chi connectivity index (χ4n) is 1.83. The molecular weight excluding hydrogens is 339 g/mol. The Labute approximate surface area is 141 Å². The van der Waals surface area contributed by atoms with Crippen molar-refractivity contribution in [1.29, 1.82) is 0 Å². The number of hydrogen-bond donors (Lipinski definition) is 2. The normalized spacial score (nSPS) is 10.4. The zero-order valence-corrected chi connectivity index (χ0v) is 13.2. The van der Waals surface area contributed by atoms with E-state index >= 15 is 0 Å². The fraction of sp³-hybridized carbons (Fsp3) is 0.176. The van der Waals surface area contributed by atoms with Crippen molar-refractivity contribution in [3.05, 3.63) is 65.7 Å². The van der Waals surface area contributed by atoms with E-state index < -0.39 is 18.2 Å². The van der Waals surface area contributed by atoms with Crippen LogP contribution in [-0.4, -0.2) is 28.5 Å². The Balaban J connectivity index is 0.000000381. The number of anilines is 1. The van der Waals surface area contributed by atoms with Crippen molar-refractivity contribution in [1.82, 2.24) is 0 Å². The third-order valence-corrected chi connectivity index (χ3v) is 2.97. The van der Waals surface area contributed by atoms with Gasteiger partial charge in [0.05, 0.1) is 6.54 Å². The monoisotopic (exact) mass is 355 g/mol. The van der Waals surface area contributed by atoms with Crippen LogP contribution in [0, 0.1) is 6.92 Å². The van der Waals surface area contributed by atoms with Gasteiger partial charge in [-0.1, -0.05) is 42.5 Å². The molecule has 0 heterocycles. The number of benzene rings is 2. The molecule has 0 aromatic heterocycles. The first-order valence-corrected chi connectivity index (χ1v) is 7.02. The van der Waals surface area contributed by atoms with E-state index in [1.54, 1.807) is 0 Å². The van der Waals surface area contributed by atoms with Crippen LogP contribution in [0.5, 0.6) is 0 Å². The SMILES string of the molecule is Cc1cccc(N(Cc2ccccc2)C(=O)O)c1.O=C(O)C(F)(F)F. The maximum atomic E-state index is 11.3. The van der Waals surface area contributed by atoms with Gasteiger partial charge in [0.15, 0.2) is 0 Å². The molecule has 2 rings (SSSR count). The van der Waals surface area contributed by atoms with Crippen molar-refractivity contribution in [3.8, 4) is 0 Å². The molecule has 0 bridgehead atoms. The Morgan fingerprint density at radius 1 is 1.00 bits per heavy atom. The molecule has 5 nitrogen and oxygen atoms in total. The molecule has 0 saturated heterocycles. The lowest BCUT2D eigenvalue weighted by Gasteiger charge is -2.19. The van der Waals surface area contributed by atoms with Gasteiger partial charge < -0.3 is 10.2 Å². The van der Waals surface area contributed by atoms with Gasteiger partial charge >= 0.3 is 18.2 Å². The van der Waals surface area contributed by atoms with Gasteiger partial charge in [-0.05, 0) is 30.2 Å². The second kappa shape index (κ2) is 8.72. The molecule has 1 amide bonds. The van der Waals surface area contributed by atoms with E-state index in [9.17, 15) is 23.1 Å². The molecule has 2 aromatic rings. The molecule has 0 saturated carbocycles. The van der Waals surface area contributed by atoms with Crippen LogP contribution in [0.3, 0.4) is 0 Å². The van der Waals surface area contributed by atoms with Crippen LogP contribution >= 0.6 is 0 Å². The lowest BCUT2D eigenvalue weighted by atomic mass is 10.1. The Morgan fingerprint density at radius 3 is 2.00 bits per heavy atom. The topological polar surface area (TPSA) is 77.8 Å². The lowest BCUT2D eigenvalue weighted by molar-refractivity contribution is -0.192. The highest BCUT2D eigenvalue weighted by Crippen LogP contribution is 2.18. The maximum Gasteiger partial charge on any atom is 0.490 e. The third-order valence-electron chi connectivity index (χ3n) is 2.97. The molecule has 2 aromatic carbocycles. The van der Waals surface area contributed by atoms with E-state index in [-0.39, 0.29) is 0 Å². The second-order valence-electron chi connectivity index (χ2n) is 5.00. The summed E-state index contributed by atoms with van der Waals surface area (Å²) >= 11 is 0. The van der Waals surface area contributed by atoms with Crippen molar-refractivity contribution < 1.29 is 33.0 Å². The number of rotatable bonds is 3. The van der Waals surface area contributed by atoms with Gasteiger partial charge in [0.1, 0.15) is 0 Å². The molecule has 0 aliphatic carbocycles. The minimum atomic E-state index is -5.08. The van der Waals surface area contributed by atoms with Crippen molar-refractivity contribution in [2.45, 2.75) is 19.6 Å². The molecule has 0 fully saturated rings. The zero-order valence-electron chi connectivity index (χ0n) is 13.2. The van der Waals surface area contributed by atoms with Gasteiger partial charge in [-0.25, -0.2) is 9.59 Å². The van der Waals surface area contributed by atoms with Gasteiger partial charge in [0.2, 0.25) is 0 Å². The van der Waals surface area contributed by atoms with Crippen LogP contribution in [0.15, 0.2) is 54.6 Å². The minimum Gasteiger partial charge on any atom is -0.475 e. The van der Waals surface area contributed by atoms with Crippen LogP contribution in [0.2, 0.25) is 0 Å². The number of carbonyl (C=O) groups is 2. The molecule has 2 N–H and O–H groups in total. The summed E-state index contributed by atoms with van der Waals surface area (Å²) < 4.78 is 31.7. The van der Waals surface area contributed by atoms with Gasteiger partial charge in [0, 0.05) is 5.69 Å². The molecule has 0 unspecified atom stereocenters. The number of carboxylic acid groups (broad SMARTS) is 2. The molecule has 8 heteroatoms. The van der Waals surface area contributed by atoms with Gasteiger partial charge in [-0.2, -0.15) is 13.2 Å². The second-order valence-corrected chi connectivity index (χ2v) is 5.00. The predicted molar refractivity (Wildman–Crippen MR) is 85.5 cm³/mol. The van der Waals surface area contributed by atoms with Crippen LogP contribution in [0.1, 0.15) is 11.1 Å². The molecular formula is C17H16F3NO4. The summed E-state index contributed by atoms with van der Waals surface area (Å²) in [6, 6.07) is 17.1. The van der Waals surface area contributed by atoms with Gasteiger partial charge in [0.25, 0.3) is 0 Å². The number of carboxylic acids is 1. The number of aryl methyl sites for hydroxylation is 1. The van der Waals surface area contributed by atoms with Crippen molar-refractivity contribution in [2.24, 2.45) is 0 Å². The first-order valence-electron chi connectivity index (χ1n) is 7.02. The molecule has 134 valence electrons. The van der Waals surface area contributed by atoms with Crippen LogP contribution in [0.4, 0.5) is 23.7 Å². The molecule has 0 radical (unpaired) electrons. The summed E-state index contributed by atoms with van der Waals surface area (Å²) in [6.07, 6.45) is -6.02. The smallest absolute Gasteiger partial charge is 0.475 e. The van der Waals surface area contributed by atoms with Crippen LogP contribution < -0.4 is 4.90 Å². The van der Waals surface area contributed by atoms with E-state index in [0.29, 0.717) is 12.2 Å². The highest BCUT2D eigenvalue weighted by atomic mass is 19.4. The van der Waals surface area contributed by atoms with E-state index in [1.807, 2.05) is 61.5 Å².